The molecule has 0 spiro atoms. The molecule has 2 rings (SSSR count). The van der Waals surface area contributed by atoms with Gasteiger partial charge in [0.25, 0.3) is 0 Å². The van der Waals surface area contributed by atoms with Crippen LogP contribution in [-0.4, -0.2) is 6.04 Å². The van der Waals surface area contributed by atoms with Crippen LogP contribution < -0.4 is 5.73 Å². The summed E-state index contributed by atoms with van der Waals surface area (Å²) in [5.74, 6) is 0.694. The molecule has 106 valence electrons. The Morgan fingerprint density at radius 2 is 1.90 bits per heavy atom. The SMILES string of the molecule is Cc1ccccc1CSc1cccc(F)c1CC(C)N. The van der Waals surface area contributed by atoms with Gasteiger partial charge in [0.05, 0.1) is 0 Å². The lowest BCUT2D eigenvalue weighted by Gasteiger charge is -2.13. The summed E-state index contributed by atoms with van der Waals surface area (Å²) in [4.78, 5) is 0.991. The molecule has 0 saturated carbocycles. The van der Waals surface area contributed by atoms with Gasteiger partial charge in [-0.3, -0.25) is 0 Å². The second-order valence-electron chi connectivity index (χ2n) is 5.11. The van der Waals surface area contributed by atoms with Crippen molar-refractivity contribution in [3.8, 4) is 0 Å². The molecule has 1 nitrogen and oxygen atoms in total. The molecular formula is C17H20FNS. The summed E-state index contributed by atoms with van der Waals surface area (Å²) in [6.07, 6.45) is 0.572. The van der Waals surface area contributed by atoms with Gasteiger partial charge in [-0.05, 0) is 43.5 Å². The molecule has 0 aliphatic rings. The van der Waals surface area contributed by atoms with E-state index in [1.165, 1.54) is 17.2 Å². The highest BCUT2D eigenvalue weighted by molar-refractivity contribution is 7.98. The fourth-order valence-corrected chi connectivity index (χ4v) is 3.29. The predicted octanol–water partition coefficient (Wildman–Crippen LogP) is 4.32. The summed E-state index contributed by atoms with van der Waals surface area (Å²) in [6, 6.07) is 13.5. The van der Waals surface area contributed by atoms with E-state index in [0.29, 0.717) is 6.42 Å². The zero-order valence-electron chi connectivity index (χ0n) is 11.9. The van der Waals surface area contributed by atoms with E-state index in [2.05, 4.69) is 19.1 Å². The Bertz CT molecular complexity index is 581. The maximum Gasteiger partial charge on any atom is 0.127 e. The third-order valence-corrected chi connectivity index (χ3v) is 4.40. The number of nitrogens with two attached hydrogens (primary N) is 1. The normalized spacial score (nSPS) is 12.4. The Balaban J connectivity index is 2.17. The summed E-state index contributed by atoms with van der Waals surface area (Å²) in [5.41, 5.74) is 9.11. The second-order valence-corrected chi connectivity index (χ2v) is 6.13. The Morgan fingerprint density at radius 1 is 1.15 bits per heavy atom. The third kappa shape index (κ3) is 3.84. The number of hydrogen-bond acceptors (Lipinski definition) is 2. The average Bonchev–Trinajstić information content (AvgIpc) is 2.41. The molecule has 0 bridgehead atoms. The highest BCUT2D eigenvalue weighted by atomic mass is 32.2. The van der Waals surface area contributed by atoms with E-state index in [0.717, 1.165) is 16.2 Å². The molecule has 0 fully saturated rings. The van der Waals surface area contributed by atoms with E-state index in [9.17, 15) is 4.39 Å². The van der Waals surface area contributed by atoms with Crippen molar-refractivity contribution in [1.82, 2.24) is 0 Å². The van der Waals surface area contributed by atoms with Gasteiger partial charge >= 0.3 is 0 Å². The molecule has 2 aromatic carbocycles. The van der Waals surface area contributed by atoms with Crippen LogP contribution in [0.1, 0.15) is 23.6 Å². The molecule has 0 aliphatic heterocycles. The van der Waals surface area contributed by atoms with Crippen molar-refractivity contribution in [2.45, 2.75) is 37.0 Å². The number of halogens is 1. The van der Waals surface area contributed by atoms with Gasteiger partial charge in [-0.25, -0.2) is 4.39 Å². The molecule has 0 aromatic heterocycles. The molecule has 0 heterocycles. The lowest BCUT2D eigenvalue weighted by molar-refractivity contribution is 0.588. The van der Waals surface area contributed by atoms with Crippen molar-refractivity contribution >= 4 is 11.8 Å². The topological polar surface area (TPSA) is 26.0 Å². The summed E-state index contributed by atoms with van der Waals surface area (Å²) < 4.78 is 13.9. The molecular weight excluding hydrogens is 269 g/mol. The van der Waals surface area contributed by atoms with Crippen molar-refractivity contribution in [2.24, 2.45) is 5.73 Å². The number of rotatable bonds is 5. The molecule has 20 heavy (non-hydrogen) atoms. The molecule has 0 saturated heterocycles. The minimum absolute atomic E-state index is 0.0373. The number of thioether (sulfide) groups is 1. The van der Waals surface area contributed by atoms with E-state index in [1.54, 1.807) is 17.8 Å². The zero-order valence-corrected chi connectivity index (χ0v) is 12.7. The van der Waals surface area contributed by atoms with Crippen LogP contribution in [0.25, 0.3) is 0 Å². The fourth-order valence-electron chi connectivity index (χ4n) is 2.12. The van der Waals surface area contributed by atoms with Gasteiger partial charge in [-0.2, -0.15) is 0 Å². The van der Waals surface area contributed by atoms with Gasteiger partial charge in [0.2, 0.25) is 0 Å². The standard InChI is InChI=1S/C17H20FNS/c1-12-6-3-4-7-14(12)11-20-17-9-5-8-16(18)15(17)10-13(2)19/h3-9,13H,10-11,19H2,1-2H3. The van der Waals surface area contributed by atoms with Gasteiger partial charge in [-0.15, -0.1) is 11.8 Å². The first-order chi connectivity index (χ1) is 9.58. The van der Waals surface area contributed by atoms with Gasteiger partial charge < -0.3 is 5.73 Å². The monoisotopic (exact) mass is 289 g/mol. The van der Waals surface area contributed by atoms with E-state index in [4.69, 9.17) is 5.73 Å². The van der Waals surface area contributed by atoms with Crippen LogP contribution in [0.3, 0.4) is 0 Å². The summed E-state index contributed by atoms with van der Waals surface area (Å²) in [5, 5.41) is 0. The highest BCUT2D eigenvalue weighted by Gasteiger charge is 2.11. The number of hydrogen-bond donors (Lipinski definition) is 1. The largest absolute Gasteiger partial charge is 0.328 e. The quantitative estimate of drug-likeness (QED) is 0.830. The molecule has 2 aromatic rings. The van der Waals surface area contributed by atoms with E-state index < -0.39 is 0 Å². The van der Waals surface area contributed by atoms with Crippen LogP contribution in [0.2, 0.25) is 0 Å². The second kappa shape index (κ2) is 6.91. The molecule has 0 radical (unpaired) electrons. The Labute approximate surface area is 124 Å². The molecule has 0 aliphatic carbocycles. The van der Waals surface area contributed by atoms with Crippen LogP contribution in [0, 0.1) is 12.7 Å². The van der Waals surface area contributed by atoms with E-state index in [1.807, 2.05) is 25.1 Å². The summed E-state index contributed by atoms with van der Waals surface area (Å²) >= 11 is 1.67. The highest BCUT2D eigenvalue weighted by Crippen LogP contribution is 2.29. The van der Waals surface area contributed by atoms with Crippen molar-refractivity contribution in [1.29, 1.82) is 0 Å². The average molecular weight is 289 g/mol. The summed E-state index contributed by atoms with van der Waals surface area (Å²) in [7, 11) is 0. The first-order valence-electron chi connectivity index (χ1n) is 6.78. The molecule has 3 heteroatoms. The van der Waals surface area contributed by atoms with Crippen LogP contribution in [0.15, 0.2) is 47.4 Å². The number of aryl methyl sites for hydroxylation is 1. The minimum Gasteiger partial charge on any atom is -0.328 e. The van der Waals surface area contributed by atoms with Crippen molar-refractivity contribution in [3.63, 3.8) is 0 Å². The lowest BCUT2D eigenvalue weighted by atomic mass is 10.1. The van der Waals surface area contributed by atoms with Crippen LogP contribution in [0.5, 0.6) is 0 Å². The Morgan fingerprint density at radius 3 is 2.60 bits per heavy atom. The lowest BCUT2D eigenvalue weighted by Crippen LogP contribution is -2.19. The van der Waals surface area contributed by atoms with Crippen LogP contribution in [0.4, 0.5) is 4.39 Å². The maximum atomic E-state index is 13.9. The van der Waals surface area contributed by atoms with Crippen LogP contribution >= 0.6 is 11.8 Å². The molecule has 1 unspecified atom stereocenters. The maximum absolute atomic E-state index is 13.9. The van der Waals surface area contributed by atoms with Gasteiger partial charge in [-0.1, -0.05) is 30.3 Å². The number of benzene rings is 2. The van der Waals surface area contributed by atoms with Gasteiger partial charge in [0.1, 0.15) is 5.82 Å². The Hall–Kier alpha value is -1.32. The fraction of sp³-hybridized carbons (Fsp3) is 0.294. The van der Waals surface area contributed by atoms with Gasteiger partial charge in [0.15, 0.2) is 0 Å². The van der Waals surface area contributed by atoms with Crippen LogP contribution in [-0.2, 0) is 12.2 Å². The zero-order chi connectivity index (χ0) is 14.5. The van der Waals surface area contributed by atoms with Crippen molar-refractivity contribution in [3.05, 3.63) is 65.0 Å². The smallest absolute Gasteiger partial charge is 0.127 e. The molecule has 0 amide bonds. The predicted molar refractivity (Wildman–Crippen MR) is 84.5 cm³/mol. The Kier molecular flexibility index (Phi) is 5.21. The first-order valence-corrected chi connectivity index (χ1v) is 7.76. The summed E-state index contributed by atoms with van der Waals surface area (Å²) in [6.45, 7) is 4.01. The van der Waals surface area contributed by atoms with E-state index >= 15 is 0 Å². The molecule has 1 atom stereocenters. The van der Waals surface area contributed by atoms with Crippen molar-refractivity contribution < 1.29 is 4.39 Å². The third-order valence-electron chi connectivity index (χ3n) is 3.25. The first kappa shape index (κ1) is 15.1. The van der Waals surface area contributed by atoms with E-state index in [-0.39, 0.29) is 11.9 Å². The minimum atomic E-state index is -0.155. The van der Waals surface area contributed by atoms with Gasteiger partial charge in [0, 0.05) is 22.3 Å². The molecule has 2 N–H and O–H groups in total. The van der Waals surface area contributed by atoms with Crippen molar-refractivity contribution in [2.75, 3.05) is 0 Å².